The minimum atomic E-state index is -5.08. The lowest BCUT2D eigenvalue weighted by Crippen LogP contribution is -2.54. The first-order valence-electron chi connectivity index (χ1n) is 11.7. The maximum Gasteiger partial charge on any atom is 0.420 e. The zero-order chi connectivity index (χ0) is 29.1. The van der Waals surface area contributed by atoms with E-state index in [0.29, 0.717) is 19.1 Å². The van der Waals surface area contributed by atoms with E-state index in [4.69, 9.17) is 4.74 Å². The first-order chi connectivity index (χ1) is 17.1. The van der Waals surface area contributed by atoms with Crippen molar-refractivity contribution in [2.75, 3.05) is 25.1 Å². The molecular weight excluding hydrogens is 549 g/mol. The number of ether oxygens (including phenoxy) is 1. The van der Waals surface area contributed by atoms with Gasteiger partial charge in [0.15, 0.2) is 0 Å². The van der Waals surface area contributed by atoms with Gasteiger partial charge in [0.05, 0.1) is 16.7 Å². The van der Waals surface area contributed by atoms with Crippen molar-refractivity contribution in [3.63, 3.8) is 0 Å². The van der Waals surface area contributed by atoms with E-state index in [0.717, 1.165) is 16.3 Å². The van der Waals surface area contributed by atoms with Crippen molar-refractivity contribution in [3.8, 4) is 5.75 Å². The molecule has 1 aromatic rings. The molecular formula is C23H29F7N2O5S. The van der Waals surface area contributed by atoms with E-state index in [-0.39, 0.29) is 13.0 Å². The van der Waals surface area contributed by atoms with Gasteiger partial charge >= 0.3 is 12.1 Å². The van der Waals surface area contributed by atoms with Gasteiger partial charge in [-0.25, -0.2) is 26.0 Å². The van der Waals surface area contributed by atoms with Gasteiger partial charge in [0, 0.05) is 51.0 Å². The molecule has 0 radical (unpaired) electrons. The van der Waals surface area contributed by atoms with Crippen molar-refractivity contribution < 1.29 is 53.8 Å². The summed E-state index contributed by atoms with van der Waals surface area (Å²) >= 11 is 0. The molecule has 1 atom stereocenters. The Balaban J connectivity index is 2.18. The van der Waals surface area contributed by atoms with Crippen LogP contribution in [0.25, 0.3) is 0 Å². The summed E-state index contributed by atoms with van der Waals surface area (Å²) in [6.07, 6.45) is -7.71. The Morgan fingerprint density at radius 2 is 1.71 bits per heavy atom. The molecule has 0 unspecified atom stereocenters. The highest BCUT2D eigenvalue weighted by atomic mass is 32.2. The number of nitrogens with zero attached hydrogens (tertiary/aromatic N) is 2. The lowest BCUT2D eigenvalue weighted by atomic mass is 9.86. The number of hydrogen-bond donors (Lipinski definition) is 1. The summed E-state index contributed by atoms with van der Waals surface area (Å²) in [6, 6.07) is -1.11. The van der Waals surface area contributed by atoms with Gasteiger partial charge in [-0.05, 0) is 33.3 Å². The molecule has 1 aliphatic carbocycles. The van der Waals surface area contributed by atoms with Crippen molar-refractivity contribution in [2.24, 2.45) is 5.41 Å². The molecule has 0 spiro atoms. The highest BCUT2D eigenvalue weighted by Gasteiger charge is 2.51. The highest BCUT2D eigenvalue weighted by molar-refractivity contribution is 7.89. The molecule has 0 aromatic heterocycles. The Kier molecular flexibility index (Phi) is 7.74. The van der Waals surface area contributed by atoms with Gasteiger partial charge in [0.2, 0.25) is 15.9 Å². The second kappa shape index (κ2) is 9.72. The van der Waals surface area contributed by atoms with Gasteiger partial charge in [-0.2, -0.15) is 17.5 Å². The number of alkyl halides is 7. The third-order valence-corrected chi connectivity index (χ3v) is 8.79. The van der Waals surface area contributed by atoms with E-state index in [1.165, 1.54) is 13.8 Å². The highest BCUT2D eigenvalue weighted by Crippen LogP contribution is 2.48. The fourth-order valence-corrected chi connectivity index (χ4v) is 5.89. The van der Waals surface area contributed by atoms with Gasteiger partial charge in [-0.1, -0.05) is 0 Å². The van der Waals surface area contributed by atoms with Crippen molar-refractivity contribution in [1.29, 1.82) is 0 Å². The average molecular weight is 579 g/mol. The lowest BCUT2D eigenvalue weighted by molar-refractivity contribution is -0.148. The van der Waals surface area contributed by atoms with Crippen molar-refractivity contribution in [3.05, 3.63) is 17.7 Å². The van der Waals surface area contributed by atoms with Crippen molar-refractivity contribution in [2.45, 2.75) is 81.5 Å². The first kappa shape index (κ1) is 30.3. The smallest absolute Gasteiger partial charge is 0.420 e. The normalized spacial score (nSPS) is 22.4. The number of halogens is 7. The van der Waals surface area contributed by atoms with Crippen LogP contribution in [-0.4, -0.2) is 67.9 Å². The standard InChI is InChI=1S/C23H29F7N2O5S/c1-20(2,19(33)34)12-37-17-8-18-16(7-15(17)23(28,29)30)32(14-9-22(26,27)10-14)11-13(5-6-21(3,24)25)31(4)38(18,35)36/h7-8,13-14H,5-6,9-12H2,1-4H3,(H,33,34)/t13-/m0/s1. The van der Waals surface area contributed by atoms with E-state index in [9.17, 15) is 49.1 Å². The molecule has 7 nitrogen and oxygen atoms in total. The number of carbonyl (C=O) groups is 1. The van der Waals surface area contributed by atoms with Crippen LogP contribution in [0.3, 0.4) is 0 Å². The second-order valence-corrected chi connectivity index (χ2v) is 12.6. The predicted octanol–water partition coefficient (Wildman–Crippen LogP) is 5.24. The molecule has 0 bridgehead atoms. The number of anilines is 1. The Morgan fingerprint density at radius 1 is 1.13 bits per heavy atom. The summed E-state index contributed by atoms with van der Waals surface area (Å²) < 4.78 is 130. The molecule has 1 aromatic carbocycles. The Bertz CT molecular complexity index is 1170. The molecule has 15 heteroatoms. The number of rotatable bonds is 8. The Hall–Kier alpha value is -2.29. The van der Waals surface area contributed by atoms with Gasteiger partial charge < -0.3 is 14.7 Å². The second-order valence-electron chi connectivity index (χ2n) is 10.6. The van der Waals surface area contributed by atoms with Crippen LogP contribution in [0.15, 0.2) is 17.0 Å². The minimum absolute atomic E-state index is 0.380. The summed E-state index contributed by atoms with van der Waals surface area (Å²) in [5.74, 6) is -8.60. The van der Waals surface area contributed by atoms with Gasteiger partial charge in [0.1, 0.15) is 17.3 Å². The maximum atomic E-state index is 14.1. The van der Waals surface area contributed by atoms with Crippen LogP contribution in [-0.2, 0) is 21.0 Å². The number of likely N-dealkylation sites (N-methyl/N-ethyl adjacent to an activating group) is 1. The summed E-state index contributed by atoms with van der Waals surface area (Å²) in [7, 11) is -3.53. The fraction of sp³-hybridized carbons (Fsp3) is 0.696. The zero-order valence-electron chi connectivity index (χ0n) is 21.1. The van der Waals surface area contributed by atoms with Crippen LogP contribution in [0.1, 0.15) is 52.0 Å². The van der Waals surface area contributed by atoms with Crippen LogP contribution in [0.4, 0.5) is 36.4 Å². The number of sulfonamides is 1. The zero-order valence-corrected chi connectivity index (χ0v) is 21.9. The summed E-state index contributed by atoms with van der Waals surface area (Å²) in [5, 5.41) is 9.28. The monoisotopic (exact) mass is 578 g/mol. The van der Waals surface area contributed by atoms with Gasteiger partial charge in [0.25, 0.3) is 5.92 Å². The molecule has 1 N–H and O–H groups in total. The molecule has 1 aliphatic heterocycles. The van der Waals surface area contributed by atoms with Gasteiger partial charge in [-0.15, -0.1) is 0 Å². The third-order valence-electron chi connectivity index (χ3n) is 6.85. The van der Waals surface area contributed by atoms with Crippen molar-refractivity contribution >= 4 is 21.7 Å². The topological polar surface area (TPSA) is 87.2 Å². The number of fused-ring (bicyclic) bond motifs is 1. The van der Waals surface area contributed by atoms with E-state index >= 15 is 0 Å². The Labute approximate surface area is 215 Å². The quantitative estimate of drug-likeness (QED) is 0.425. The summed E-state index contributed by atoms with van der Waals surface area (Å²) in [4.78, 5) is 11.8. The van der Waals surface area contributed by atoms with E-state index in [1.54, 1.807) is 0 Å². The van der Waals surface area contributed by atoms with Gasteiger partial charge in [-0.3, -0.25) is 4.79 Å². The molecule has 0 saturated heterocycles. The number of carboxylic acids is 1. The average Bonchev–Trinajstić information content (AvgIpc) is 2.81. The lowest BCUT2D eigenvalue weighted by Gasteiger charge is -2.45. The fourth-order valence-electron chi connectivity index (χ4n) is 4.32. The van der Waals surface area contributed by atoms with E-state index in [2.05, 4.69) is 0 Å². The molecule has 2 aliphatic rings. The minimum Gasteiger partial charge on any atom is -0.492 e. The number of carboxylic acid groups (broad SMARTS) is 1. The van der Waals surface area contributed by atoms with E-state index in [1.807, 2.05) is 0 Å². The summed E-state index contributed by atoms with van der Waals surface area (Å²) in [6.45, 7) is 1.90. The van der Waals surface area contributed by atoms with Crippen LogP contribution in [0.5, 0.6) is 5.75 Å². The maximum absolute atomic E-state index is 14.1. The number of aliphatic carboxylic acids is 1. The largest absolute Gasteiger partial charge is 0.492 e. The van der Waals surface area contributed by atoms with Crippen molar-refractivity contribution in [1.82, 2.24) is 4.31 Å². The molecule has 216 valence electrons. The SMILES string of the molecule is CN1[C@@H](CCC(C)(F)F)CN(C2CC(F)(F)C2)c2cc(C(F)(F)F)c(OCC(C)(C)C(=O)O)cc2S1(=O)=O. The molecule has 1 heterocycles. The third kappa shape index (κ3) is 6.29. The molecule has 1 fully saturated rings. The Morgan fingerprint density at radius 3 is 2.18 bits per heavy atom. The van der Waals surface area contributed by atoms with E-state index < -0.39 is 99.3 Å². The number of benzene rings is 1. The molecule has 3 rings (SSSR count). The number of hydrogen-bond acceptors (Lipinski definition) is 5. The summed E-state index contributed by atoms with van der Waals surface area (Å²) in [5.41, 5.74) is -3.56. The molecule has 38 heavy (non-hydrogen) atoms. The van der Waals surface area contributed by atoms with Crippen LogP contribution in [0, 0.1) is 5.41 Å². The molecule has 1 saturated carbocycles. The molecule has 0 amide bonds. The van der Waals surface area contributed by atoms with Crippen LogP contribution >= 0.6 is 0 Å². The van der Waals surface area contributed by atoms with Crippen LogP contribution in [0.2, 0.25) is 0 Å². The first-order valence-corrected chi connectivity index (χ1v) is 13.1. The van der Waals surface area contributed by atoms with Crippen LogP contribution < -0.4 is 9.64 Å². The predicted molar refractivity (Wildman–Crippen MR) is 122 cm³/mol.